The third-order valence-electron chi connectivity index (χ3n) is 4.66. The SMILES string of the molecule is CN1[C@H](Cc2ccccc2)C[C@H](O)[C@@H]1Cc1ccccc1. The summed E-state index contributed by atoms with van der Waals surface area (Å²) in [6, 6.07) is 21.7. The molecule has 110 valence electrons. The predicted molar refractivity (Wildman–Crippen MR) is 86.3 cm³/mol. The Morgan fingerprint density at radius 1 is 0.905 bits per heavy atom. The maximum Gasteiger partial charge on any atom is 0.0713 e. The van der Waals surface area contributed by atoms with Crippen LogP contribution in [-0.4, -0.2) is 35.2 Å². The van der Waals surface area contributed by atoms with Crippen LogP contribution in [0.3, 0.4) is 0 Å². The van der Waals surface area contributed by atoms with E-state index in [0.717, 1.165) is 19.3 Å². The summed E-state index contributed by atoms with van der Waals surface area (Å²) in [6.45, 7) is 0. The zero-order valence-electron chi connectivity index (χ0n) is 12.5. The maximum absolute atomic E-state index is 10.4. The molecule has 0 saturated carbocycles. The number of aliphatic hydroxyl groups excluding tert-OH is 1. The highest BCUT2D eigenvalue weighted by Crippen LogP contribution is 2.28. The summed E-state index contributed by atoms with van der Waals surface area (Å²) in [5.41, 5.74) is 2.65. The molecule has 2 aromatic carbocycles. The summed E-state index contributed by atoms with van der Waals surface area (Å²) in [5, 5.41) is 10.4. The fourth-order valence-corrected chi connectivity index (χ4v) is 3.39. The number of likely N-dealkylation sites (tertiary alicyclic amines) is 1. The molecule has 0 amide bonds. The lowest BCUT2D eigenvalue weighted by Crippen LogP contribution is -2.37. The van der Waals surface area contributed by atoms with Gasteiger partial charge in [-0.15, -0.1) is 0 Å². The lowest BCUT2D eigenvalue weighted by atomic mass is 10.0. The highest BCUT2D eigenvalue weighted by molar-refractivity contribution is 5.19. The Bertz CT molecular complexity index is 554. The molecule has 1 N–H and O–H groups in total. The maximum atomic E-state index is 10.4. The molecule has 1 aliphatic rings. The zero-order valence-corrected chi connectivity index (χ0v) is 12.5. The van der Waals surface area contributed by atoms with Gasteiger partial charge in [-0.3, -0.25) is 4.90 Å². The topological polar surface area (TPSA) is 23.5 Å². The van der Waals surface area contributed by atoms with Gasteiger partial charge in [0.05, 0.1) is 6.10 Å². The molecule has 2 nitrogen and oxygen atoms in total. The second-order valence-electron chi connectivity index (χ2n) is 6.07. The highest BCUT2D eigenvalue weighted by atomic mass is 16.3. The first kappa shape index (κ1) is 14.3. The molecule has 2 aromatic rings. The van der Waals surface area contributed by atoms with Gasteiger partial charge in [-0.25, -0.2) is 0 Å². The number of hydrogen-bond donors (Lipinski definition) is 1. The van der Waals surface area contributed by atoms with Crippen molar-refractivity contribution >= 4 is 0 Å². The van der Waals surface area contributed by atoms with E-state index in [0.29, 0.717) is 6.04 Å². The molecule has 21 heavy (non-hydrogen) atoms. The molecular weight excluding hydrogens is 258 g/mol. The van der Waals surface area contributed by atoms with Gasteiger partial charge in [0.15, 0.2) is 0 Å². The molecule has 0 unspecified atom stereocenters. The molecule has 1 saturated heterocycles. The number of hydrogen-bond acceptors (Lipinski definition) is 2. The molecule has 0 bridgehead atoms. The summed E-state index contributed by atoms with van der Waals surface area (Å²) >= 11 is 0. The van der Waals surface area contributed by atoms with Crippen LogP contribution in [-0.2, 0) is 12.8 Å². The fraction of sp³-hybridized carbons (Fsp3) is 0.368. The van der Waals surface area contributed by atoms with Gasteiger partial charge in [-0.2, -0.15) is 0 Å². The van der Waals surface area contributed by atoms with E-state index in [2.05, 4.69) is 66.5 Å². The largest absolute Gasteiger partial charge is 0.391 e. The third-order valence-corrected chi connectivity index (χ3v) is 4.66. The lowest BCUT2D eigenvalue weighted by Gasteiger charge is -2.26. The van der Waals surface area contributed by atoms with Crippen LogP contribution >= 0.6 is 0 Å². The van der Waals surface area contributed by atoms with Gasteiger partial charge < -0.3 is 5.11 Å². The first-order valence-corrected chi connectivity index (χ1v) is 7.72. The summed E-state index contributed by atoms with van der Waals surface area (Å²) in [4.78, 5) is 2.37. The average molecular weight is 281 g/mol. The Kier molecular flexibility index (Phi) is 4.37. The van der Waals surface area contributed by atoms with E-state index in [1.165, 1.54) is 11.1 Å². The molecule has 2 heteroatoms. The predicted octanol–water partition coefficient (Wildman–Crippen LogP) is 2.91. The summed E-state index contributed by atoms with van der Waals surface area (Å²) < 4.78 is 0. The van der Waals surface area contributed by atoms with Crippen LogP contribution in [0.4, 0.5) is 0 Å². The smallest absolute Gasteiger partial charge is 0.0713 e. The first-order chi connectivity index (χ1) is 10.2. The van der Waals surface area contributed by atoms with Crippen molar-refractivity contribution in [2.24, 2.45) is 0 Å². The van der Waals surface area contributed by atoms with Crippen molar-refractivity contribution in [3.8, 4) is 0 Å². The van der Waals surface area contributed by atoms with Gasteiger partial charge in [0.25, 0.3) is 0 Å². The second-order valence-corrected chi connectivity index (χ2v) is 6.07. The van der Waals surface area contributed by atoms with E-state index in [1.54, 1.807) is 0 Å². The molecule has 3 atom stereocenters. The third kappa shape index (κ3) is 3.34. The molecule has 1 fully saturated rings. The average Bonchev–Trinajstić information content (AvgIpc) is 2.77. The molecule has 1 heterocycles. The first-order valence-electron chi connectivity index (χ1n) is 7.72. The van der Waals surface area contributed by atoms with Crippen LogP contribution in [0.25, 0.3) is 0 Å². The Morgan fingerprint density at radius 2 is 1.43 bits per heavy atom. The van der Waals surface area contributed by atoms with Crippen molar-refractivity contribution in [3.63, 3.8) is 0 Å². The van der Waals surface area contributed by atoms with E-state index in [1.807, 2.05) is 6.07 Å². The number of benzene rings is 2. The van der Waals surface area contributed by atoms with Gasteiger partial charge in [-0.1, -0.05) is 60.7 Å². The van der Waals surface area contributed by atoms with Crippen LogP contribution in [0.2, 0.25) is 0 Å². The van der Waals surface area contributed by atoms with Crippen molar-refractivity contribution in [3.05, 3.63) is 71.8 Å². The summed E-state index contributed by atoms with van der Waals surface area (Å²) in [7, 11) is 2.15. The van der Waals surface area contributed by atoms with Crippen molar-refractivity contribution in [2.75, 3.05) is 7.05 Å². The summed E-state index contributed by atoms with van der Waals surface area (Å²) in [5.74, 6) is 0. The molecule has 3 rings (SSSR count). The number of rotatable bonds is 4. The lowest BCUT2D eigenvalue weighted by molar-refractivity contribution is 0.123. The van der Waals surface area contributed by atoms with E-state index in [9.17, 15) is 5.11 Å². The minimum absolute atomic E-state index is 0.223. The monoisotopic (exact) mass is 281 g/mol. The van der Waals surface area contributed by atoms with Crippen molar-refractivity contribution < 1.29 is 5.11 Å². The van der Waals surface area contributed by atoms with Crippen LogP contribution in [0.15, 0.2) is 60.7 Å². The van der Waals surface area contributed by atoms with Gasteiger partial charge >= 0.3 is 0 Å². The van der Waals surface area contributed by atoms with Gasteiger partial charge in [0.1, 0.15) is 0 Å². The minimum atomic E-state index is -0.232. The van der Waals surface area contributed by atoms with E-state index >= 15 is 0 Å². The van der Waals surface area contributed by atoms with E-state index in [4.69, 9.17) is 0 Å². The quantitative estimate of drug-likeness (QED) is 0.931. The fourth-order valence-electron chi connectivity index (χ4n) is 3.39. The van der Waals surface area contributed by atoms with Gasteiger partial charge in [0, 0.05) is 12.1 Å². The normalized spacial score (nSPS) is 26.1. The van der Waals surface area contributed by atoms with Crippen LogP contribution in [0.1, 0.15) is 17.5 Å². The van der Waals surface area contributed by atoms with Crippen molar-refractivity contribution in [1.82, 2.24) is 4.90 Å². The molecule has 0 aliphatic carbocycles. The van der Waals surface area contributed by atoms with E-state index < -0.39 is 0 Å². The number of likely N-dealkylation sites (N-methyl/N-ethyl adjacent to an activating group) is 1. The second kappa shape index (κ2) is 6.42. The Balaban J connectivity index is 1.67. The highest BCUT2D eigenvalue weighted by Gasteiger charge is 2.37. The number of nitrogens with zero attached hydrogens (tertiary/aromatic N) is 1. The van der Waals surface area contributed by atoms with Crippen LogP contribution in [0.5, 0.6) is 0 Å². The van der Waals surface area contributed by atoms with Crippen LogP contribution in [0, 0.1) is 0 Å². The molecule has 0 spiro atoms. The number of aliphatic hydroxyl groups is 1. The van der Waals surface area contributed by atoms with Crippen molar-refractivity contribution in [2.45, 2.75) is 37.5 Å². The summed E-state index contributed by atoms with van der Waals surface area (Å²) in [6.07, 6.45) is 2.57. The van der Waals surface area contributed by atoms with Gasteiger partial charge in [0.2, 0.25) is 0 Å². The van der Waals surface area contributed by atoms with Gasteiger partial charge in [-0.05, 0) is 37.4 Å². The minimum Gasteiger partial charge on any atom is -0.391 e. The molecule has 0 aromatic heterocycles. The Morgan fingerprint density at radius 3 is 2.00 bits per heavy atom. The zero-order chi connectivity index (χ0) is 14.7. The Hall–Kier alpha value is -1.64. The molecular formula is C19H23NO. The van der Waals surface area contributed by atoms with E-state index in [-0.39, 0.29) is 12.1 Å². The van der Waals surface area contributed by atoms with Crippen LogP contribution < -0.4 is 0 Å². The Labute approximate surface area is 127 Å². The van der Waals surface area contributed by atoms with Crippen molar-refractivity contribution in [1.29, 1.82) is 0 Å². The molecule has 1 aliphatic heterocycles. The standard InChI is InChI=1S/C19H23NO/c1-20-17(12-15-8-4-2-5-9-15)14-19(21)18(20)13-16-10-6-3-7-11-16/h2-11,17-19,21H,12-14H2,1H3/t17-,18+,19+/m1/s1. The molecule has 0 radical (unpaired) electrons.